The normalized spacial score (nSPS) is 10.8. The van der Waals surface area contributed by atoms with Crippen molar-refractivity contribution in [2.45, 2.75) is 246 Å². The number of aromatic nitrogens is 3. The number of para-hydroxylation sites is 1. The second-order valence-electron chi connectivity index (χ2n) is 28.8. The zero-order valence-electron chi connectivity index (χ0n) is 68.6. The molecule has 0 aliphatic carbocycles. The highest BCUT2D eigenvalue weighted by Gasteiger charge is 2.12. The summed E-state index contributed by atoms with van der Waals surface area (Å²) in [4.78, 5) is 13.3. The predicted molar refractivity (Wildman–Crippen MR) is 474 cm³/mol. The van der Waals surface area contributed by atoms with Gasteiger partial charge in [0.2, 0.25) is 0 Å². The first-order chi connectivity index (χ1) is 52.3. The lowest BCUT2D eigenvalue weighted by atomic mass is 9.91. The molecule has 0 spiro atoms. The van der Waals surface area contributed by atoms with Gasteiger partial charge in [0.25, 0.3) is 0 Å². The van der Waals surface area contributed by atoms with Gasteiger partial charge in [0.15, 0.2) is 0 Å². The van der Waals surface area contributed by atoms with Gasteiger partial charge in [-0.2, -0.15) is 0 Å². The van der Waals surface area contributed by atoms with E-state index in [0.717, 1.165) is 68.8 Å². The SMILES string of the molecule is CCCc1c(C)cc2ccccc2c1CC.CCCc1cc(C)c2ccccc2c1CC.CCCc1cc2ccccc2cc1CC.CCCc1cc2cnccc2cc1CC.CCCc1cc2ncccc2cc1CC.CCCc1ccc2ccccc2c1CC.CCCc1nc2ccccc2cc1CC. The van der Waals surface area contributed by atoms with Crippen LogP contribution in [0.4, 0.5) is 0 Å². The average Bonchev–Trinajstić information content (AvgIpc) is 0.789. The van der Waals surface area contributed by atoms with Crippen molar-refractivity contribution < 1.29 is 0 Å². The zero-order valence-corrected chi connectivity index (χ0v) is 68.6. The molecule has 0 aliphatic heterocycles. The van der Waals surface area contributed by atoms with Crippen LogP contribution in [0.3, 0.4) is 0 Å². The fourth-order valence-electron chi connectivity index (χ4n) is 15.8. The van der Waals surface area contributed by atoms with Crippen LogP contribution in [0.25, 0.3) is 75.7 Å². The first-order valence-corrected chi connectivity index (χ1v) is 41.4. The Kier molecular flexibility index (Phi) is 34.3. The lowest BCUT2D eigenvalue weighted by molar-refractivity contribution is 0.865. The molecule has 3 aromatic heterocycles. The number of hydrogen-bond donors (Lipinski definition) is 0. The van der Waals surface area contributed by atoms with Gasteiger partial charge in [-0.05, 0) is 278 Å². The zero-order chi connectivity index (χ0) is 76.5. The van der Waals surface area contributed by atoms with Crippen LogP contribution in [-0.2, 0) is 89.9 Å². The minimum atomic E-state index is 1.08. The maximum atomic E-state index is 4.74. The van der Waals surface area contributed by atoms with Crippen molar-refractivity contribution >= 4 is 75.7 Å². The number of fused-ring (bicyclic) bond motifs is 7. The third-order valence-electron chi connectivity index (χ3n) is 21.1. The van der Waals surface area contributed by atoms with Crippen LogP contribution < -0.4 is 0 Å². The van der Waals surface area contributed by atoms with E-state index in [1.165, 1.54) is 209 Å². The van der Waals surface area contributed by atoms with E-state index in [9.17, 15) is 0 Å². The minimum absolute atomic E-state index is 1.08. The third-order valence-corrected chi connectivity index (χ3v) is 21.1. The topological polar surface area (TPSA) is 38.7 Å². The molecule has 558 valence electrons. The Morgan fingerprint density at radius 1 is 0.234 bits per heavy atom. The highest BCUT2D eigenvalue weighted by atomic mass is 14.7. The Bertz CT molecular complexity index is 4690. The number of benzene rings is 11. The summed E-state index contributed by atoms with van der Waals surface area (Å²) in [5.41, 5.74) is 26.0. The number of pyridine rings is 3. The monoisotopic (exact) mass is 1420 g/mol. The molecule has 107 heavy (non-hydrogen) atoms. The van der Waals surface area contributed by atoms with Crippen LogP contribution in [0.15, 0.2) is 225 Å². The van der Waals surface area contributed by atoms with Gasteiger partial charge in [-0.1, -0.05) is 306 Å². The van der Waals surface area contributed by atoms with E-state index < -0.39 is 0 Å². The van der Waals surface area contributed by atoms with Gasteiger partial charge in [0.1, 0.15) is 0 Å². The third kappa shape index (κ3) is 22.6. The van der Waals surface area contributed by atoms with E-state index in [-0.39, 0.29) is 0 Å². The molecule has 0 N–H and O–H groups in total. The molecule has 3 heterocycles. The highest BCUT2D eigenvalue weighted by Crippen LogP contribution is 2.31. The standard InChI is InChI=1S/2C16H20.2C15H18.3C14H17N/c1-4-8-15-12(3)11-13-9-6-7-10-16(13)14(15)5-2;1-4-8-13-11-12(3)15-9-6-7-10-16(15)14(13)5-2;1-3-7-13-11-15-9-6-5-8-14(15)10-12(13)4-2;1-3-7-12-10-11-13-8-5-6-9-15(13)14(12)4-2;1-3-7-13-11(4-2)10-12-8-5-6-9-14(12)15-13;1-3-6-12-10-14-13(7-5-8-15-14)9-11(12)4-2;1-3-5-12-9-14-10-15-7-6-13(14)8-11(12)4-2/h2*6-7,9-11H,4-5,8H2,1-3H3;2*5-6,8-11H,3-4,7H2,1-2H3;5-6,8-10H,3-4,7H2,1-2H3;5,7-10H,3-4,6H2,1-2H3;6-10H,3-5H2,1-2H3. The molecule has 14 rings (SSSR count). The summed E-state index contributed by atoms with van der Waals surface area (Å²) in [6.45, 7) is 35.8. The fourth-order valence-corrected chi connectivity index (χ4v) is 15.8. The summed E-state index contributed by atoms with van der Waals surface area (Å²) in [6.07, 6.45) is 30.3. The van der Waals surface area contributed by atoms with Crippen molar-refractivity contribution in [2.75, 3.05) is 0 Å². The summed E-state index contributed by atoms with van der Waals surface area (Å²) in [7, 11) is 0. The largest absolute Gasteiger partial charge is 0.264 e. The first kappa shape index (κ1) is 83.3. The minimum Gasteiger partial charge on any atom is -0.264 e. The average molecular weight is 1420 g/mol. The Balaban J connectivity index is 0.000000157. The molecule has 0 bridgehead atoms. The fraction of sp³-hybridized carbons (Fsp3) is 0.356. The predicted octanol–water partition coefficient (Wildman–Crippen LogP) is 29.3. The van der Waals surface area contributed by atoms with Crippen LogP contribution >= 0.6 is 0 Å². The number of hydrogen-bond acceptors (Lipinski definition) is 3. The van der Waals surface area contributed by atoms with Crippen LogP contribution in [0, 0.1) is 13.8 Å². The molecule has 14 aromatic rings. The molecule has 0 radical (unpaired) electrons. The molecular formula is C104H127N3. The number of nitrogens with zero attached hydrogens (tertiary/aromatic N) is 3. The van der Waals surface area contributed by atoms with Crippen molar-refractivity contribution in [1.82, 2.24) is 15.0 Å². The van der Waals surface area contributed by atoms with Gasteiger partial charge in [0.05, 0.1) is 11.0 Å². The van der Waals surface area contributed by atoms with Crippen molar-refractivity contribution in [3.05, 3.63) is 314 Å². The summed E-state index contributed by atoms with van der Waals surface area (Å²) < 4.78 is 0. The van der Waals surface area contributed by atoms with E-state index in [2.05, 4.69) is 321 Å². The quantitative estimate of drug-likeness (QED) is 0.0720. The smallest absolute Gasteiger partial charge is 0.0705 e. The van der Waals surface area contributed by atoms with E-state index in [1.54, 1.807) is 22.3 Å². The lowest BCUT2D eigenvalue weighted by Gasteiger charge is -2.14. The Morgan fingerprint density at radius 2 is 0.654 bits per heavy atom. The van der Waals surface area contributed by atoms with E-state index >= 15 is 0 Å². The lowest BCUT2D eigenvalue weighted by Crippen LogP contribution is -1.97. The molecule has 0 atom stereocenters. The second-order valence-corrected chi connectivity index (χ2v) is 28.8. The van der Waals surface area contributed by atoms with Crippen LogP contribution in [-0.4, -0.2) is 15.0 Å². The molecule has 0 fully saturated rings. The van der Waals surface area contributed by atoms with Crippen LogP contribution in [0.5, 0.6) is 0 Å². The molecule has 0 aliphatic rings. The molecule has 11 aromatic carbocycles. The van der Waals surface area contributed by atoms with Crippen molar-refractivity contribution in [3.8, 4) is 0 Å². The summed E-state index contributed by atoms with van der Waals surface area (Å²) >= 11 is 0. The van der Waals surface area contributed by atoms with Crippen LogP contribution in [0.1, 0.15) is 231 Å². The van der Waals surface area contributed by atoms with E-state index in [4.69, 9.17) is 4.98 Å². The molecule has 3 nitrogen and oxygen atoms in total. The maximum absolute atomic E-state index is 4.74. The van der Waals surface area contributed by atoms with Crippen molar-refractivity contribution in [1.29, 1.82) is 0 Å². The molecule has 3 heteroatoms. The van der Waals surface area contributed by atoms with Gasteiger partial charge < -0.3 is 0 Å². The molecular weight excluding hydrogens is 1290 g/mol. The summed E-state index contributed by atoms with van der Waals surface area (Å²) in [6, 6.07) is 74.8. The van der Waals surface area contributed by atoms with Gasteiger partial charge in [-0.3, -0.25) is 15.0 Å². The van der Waals surface area contributed by atoms with E-state index in [0.29, 0.717) is 0 Å². The molecule has 0 amide bonds. The summed E-state index contributed by atoms with van der Waals surface area (Å²) in [5, 5.41) is 16.3. The summed E-state index contributed by atoms with van der Waals surface area (Å²) in [5.74, 6) is 0. The van der Waals surface area contributed by atoms with Crippen molar-refractivity contribution in [2.24, 2.45) is 0 Å². The Morgan fingerprint density at radius 3 is 1.22 bits per heavy atom. The van der Waals surface area contributed by atoms with Gasteiger partial charge in [0, 0.05) is 40.4 Å². The molecule has 0 saturated heterocycles. The maximum Gasteiger partial charge on any atom is 0.0705 e. The second kappa shape index (κ2) is 44.1. The van der Waals surface area contributed by atoms with Gasteiger partial charge >= 0.3 is 0 Å². The molecule has 0 saturated carbocycles. The Hall–Kier alpha value is -9.31. The van der Waals surface area contributed by atoms with Gasteiger partial charge in [-0.15, -0.1) is 0 Å². The van der Waals surface area contributed by atoms with E-state index in [1.807, 2.05) is 24.7 Å². The highest BCUT2D eigenvalue weighted by molar-refractivity contribution is 5.91. The number of rotatable bonds is 21. The van der Waals surface area contributed by atoms with Crippen molar-refractivity contribution in [3.63, 3.8) is 0 Å². The van der Waals surface area contributed by atoms with Crippen LogP contribution in [0.2, 0.25) is 0 Å². The number of aryl methyl sites for hydroxylation is 15. The van der Waals surface area contributed by atoms with Gasteiger partial charge in [-0.25, -0.2) is 0 Å². The molecule has 0 unspecified atom stereocenters. The Labute approximate surface area is 646 Å². The first-order valence-electron chi connectivity index (χ1n) is 41.4.